The molecule has 0 aliphatic rings. The molecule has 90 valence electrons. The van der Waals surface area contributed by atoms with E-state index in [0.29, 0.717) is 10.7 Å². The summed E-state index contributed by atoms with van der Waals surface area (Å²) in [6, 6.07) is 5.71. The summed E-state index contributed by atoms with van der Waals surface area (Å²) in [5.41, 5.74) is 7.41. The van der Waals surface area contributed by atoms with Gasteiger partial charge < -0.3 is 11.1 Å². The summed E-state index contributed by atoms with van der Waals surface area (Å²) in [7, 11) is 0. The van der Waals surface area contributed by atoms with E-state index < -0.39 is 0 Å². The van der Waals surface area contributed by atoms with Crippen LogP contribution in [-0.2, 0) is 13.0 Å². The first-order valence-corrected chi connectivity index (χ1v) is 6.64. The van der Waals surface area contributed by atoms with Gasteiger partial charge in [0.05, 0.1) is 15.7 Å². The largest absolute Gasteiger partial charge is 0.398 e. The van der Waals surface area contributed by atoms with Crippen LogP contribution in [0.15, 0.2) is 29.8 Å². The van der Waals surface area contributed by atoms with Gasteiger partial charge in [-0.2, -0.15) is 0 Å². The van der Waals surface area contributed by atoms with Crippen molar-refractivity contribution in [3.05, 3.63) is 45.4 Å². The van der Waals surface area contributed by atoms with Crippen molar-refractivity contribution in [2.24, 2.45) is 0 Å². The van der Waals surface area contributed by atoms with Crippen molar-refractivity contribution in [2.45, 2.75) is 13.0 Å². The predicted molar refractivity (Wildman–Crippen MR) is 73.4 cm³/mol. The highest BCUT2D eigenvalue weighted by atomic mass is 35.5. The summed E-state index contributed by atoms with van der Waals surface area (Å²) in [6.07, 6.45) is 2.79. The number of anilines is 1. The third-order valence-electron chi connectivity index (χ3n) is 2.39. The van der Waals surface area contributed by atoms with Crippen LogP contribution >= 0.6 is 22.9 Å². The molecule has 3 nitrogen and oxygen atoms in total. The zero-order valence-corrected chi connectivity index (χ0v) is 10.9. The lowest BCUT2D eigenvalue weighted by Gasteiger charge is -2.05. The summed E-state index contributed by atoms with van der Waals surface area (Å²) < 4.78 is 0. The Morgan fingerprint density at radius 3 is 3.00 bits per heavy atom. The maximum Gasteiger partial charge on any atom is 0.0937 e. The van der Waals surface area contributed by atoms with Gasteiger partial charge in [0, 0.05) is 31.1 Å². The van der Waals surface area contributed by atoms with Crippen molar-refractivity contribution < 1.29 is 0 Å². The van der Waals surface area contributed by atoms with Crippen LogP contribution in [0.1, 0.15) is 10.6 Å². The van der Waals surface area contributed by atoms with E-state index in [2.05, 4.69) is 10.3 Å². The summed E-state index contributed by atoms with van der Waals surface area (Å²) in [4.78, 5) is 4.23. The normalized spacial score (nSPS) is 10.6. The Kier molecular flexibility index (Phi) is 4.36. The Labute approximate surface area is 110 Å². The van der Waals surface area contributed by atoms with Crippen LogP contribution in [0.3, 0.4) is 0 Å². The first-order chi connectivity index (χ1) is 8.25. The maximum atomic E-state index is 5.95. The van der Waals surface area contributed by atoms with Gasteiger partial charge >= 0.3 is 0 Å². The van der Waals surface area contributed by atoms with E-state index in [0.717, 1.165) is 30.1 Å². The number of hydrogen-bond acceptors (Lipinski definition) is 4. The standard InChI is InChI=1S/C12H14ClN3S/c13-10-7-9(1-2-11(10)14)8-15-4-3-12-16-5-6-17-12/h1-2,5-7,15H,3-4,8,14H2. The molecule has 0 aliphatic heterocycles. The van der Waals surface area contributed by atoms with Gasteiger partial charge in [-0.1, -0.05) is 17.7 Å². The van der Waals surface area contributed by atoms with Crippen LogP contribution in [0, 0.1) is 0 Å². The molecule has 3 N–H and O–H groups in total. The van der Waals surface area contributed by atoms with Crippen molar-refractivity contribution in [3.63, 3.8) is 0 Å². The second-order valence-corrected chi connectivity index (χ2v) is 5.09. The van der Waals surface area contributed by atoms with Gasteiger partial charge in [0.2, 0.25) is 0 Å². The Hall–Kier alpha value is -1.10. The number of rotatable bonds is 5. The molecule has 2 aromatic rings. The monoisotopic (exact) mass is 267 g/mol. The molecule has 0 saturated heterocycles. The minimum Gasteiger partial charge on any atom is -0.398 e. The van der Waals surface area contributed by atoms with Crippen molar-refractivity contribution in [3.8, 4) is 0 Å². The molecule has 0 aliphatic carbocycles. The lowest BCUT2D eigenvalue weighted by molar-refractivity contribution is 0.685. The quantitative estimate of drug-likeness (QED) is 0.647. The summed E-state index contributed by atoms with van der Waals surface area (Å²) in [5, 5.41) is 7.12. The van der Waals surface area contributed by atoms with Gasteiger partial charge in [-0.25, -0.2) is 4.98 Å². The smallest absolute Gasteiger partial charge is 0.0937 e. The van der Waals surface area contributed by atoms with Crippen LogP contribution in [0.5, 0.6) is 0 Å². The number of nitrogen functional groups attached to an aromatic ring is 1. The van der Waals surface area contributed by atoms with Crippen molar-refractivity contribution in [1.29, 1.82) is 0 Å². The molecule has 1 aromatic heterocycles. The Balaban J connectivity index is 1.76. The number of nitrogens with one attached hydrogen (secondary N) is 1. The van der Waals surface area contributed by atoms with E-state index in [1.165, 1.54) is 0 Å². The number of nitrogens with two attached hydrogens (primary N) is 1. The Bertz CT molecular complexity index is 471. The molecule has 5 heteroatoms. The lowest BCUT2D eigenvalue weighted by Crippen LogP contribution is -2.16. The number of benzene rings is 1. The second kappa shape index (κ2) is 6.00. The Morgan fingerprint density at radius 2 is 2.29 bits per heavy atom. The molecule has 0 unspecified atom stereocenters. The molecule has 0 saturated carbocycles. The van der Waals surface area contributed by atoms with Gasteiger partial charge in [-0.15, -0.1) is 11.3 Å². The fraction of sp³-hybridized carbons (Fsp3) is 0.250. The molecule has 1 heterocycles. The van der Waals surface area contributed by atoms with Crippen LogP contribution in [0.4, 0.5) is 5.69 Å². The Morgan fingerprint density at radius 1 is 1.41 bits per heavy atom. The highest BCUT2D eigenvalue weighted by Crippen LogP contribution is 2.19. The SMILES string of the molecule is Nc1ccc(CNCCc2nccs2)cc1Cl. The van der Waals surface area contributed by atoms with Crippen LogP contribution in [0.25, 0.3) is 0 Å². The van der Waals surface area contributed by atoms with Crippen molar-refractivity contribution >= 4 is 28.6 Å². The highest BCUT2D eigenvalue weighted by Gasteiger charge is 1.99. The van der Waals surface area contributed by atoms with Crippen LogP contribution < -0.4 is 11.1 Å². The summed E-state index contributed by atoms with van der Waals surface area (Å²) in [5.74, 6) is 0. The molecule has 0 spiro atoms. The minimum atomic E-state index is 0.615. The van der Waals surface area contributed by atoms with Gasteiger partial charge in [0.1, 0.15) is 0 Å². The van der Waals surface area contributed by atoms with E-state index in [9.17, 15) is 0 Å². The molecular weight excluding hydrogens is 254 g/mol. The first-order valence-electron chi connectivity index (χ1n) is 5.38. The third-order valence-corrected chi connectivity index (χ3v) is 3.56. The molecule has 0 radical (unpaired) electrons. The van der Waals surface area contributed by atoms with Crippen molar-refractivity contribution in [2.75, 3.05) is 12.3 Å². The molecule has 0 bridgehead atoms. The highest BCUT2D eigenvalue weighted by molar-refractivity contribution is 7.09. The number of nitrogens with zero attached hydrogens (tertiary/aromatic N) is 1. The van der Waals surface area contributed by atoms with Gasteiger partial charge in [-0.3, -0.25) is 0 Å². The maximum absolute atomic E-state index is 5.95. The average Bonchev–Trinajstić information content (AvgIpc) is 2.82. The molecule has 2 rings (SSSR count). The predicted octanol–water partition coefficient (Wildman–Crippen LogP) is 2.71. The average molecular weight is 268 g/mol. The molecule has 0 fully saturated rings. The third kappa shape index (κ3) is 3.70. The molecular formula is C12H14ClN3S. The zero-order chi connectivity index (χ0) is 12.1. The molecule has 17 heavy (non-hydrogen) atoms. The summed E-state index contributed by atoms with van der Waals surface area (Å²) >= 11 is 7.63. The van der Waals surface area contributed by atoms with E-state index >= 15 is 0 Å². The van der Waals surface area contributed by atoms with Crippen LogP contribution in [0.2, 0.25) is 5.02 Å². The van der Waals surface area contributed by atoms with E-state index in [4.69, 9.17) is 17.3 Å². The molecule has 1 aromatic carbocycles. The first kappa shape index (κ1) is 12.4. The molecule has 0 amide bonds. The number of thiazole rings is 1. The van der Waals surface area contributed by atoms with E-state index in [-0.39, 0.29) is 0 Å². The van der Waals surface area contributed by atoms with Gasteiger partial charge in [-0.05, 0) is 17.7 Å². The fourth-order valence-electron chi connectivity index (χ4n) is 1.49. The zero-order valence-electron chi connectivity index (χ0n) is 9.32. The topological polar surface area (TPSA) is 50.9 Å². The fourth-order valence-corrected chi connectivity index (χ4v) is 2.31. The van der Waals surface area contributed by atoms with Gasteiger partial charge in [0.25, 0.3) is 0 Å². The minimum absolute atomic E-state index is 0.615. The molecule has 0 atom stereocenters. The van der Waals surface area contributed by atoms with E-state index in [1.54, 1.807) is 11.3 Å². The number of hydrogen-bond donors (Lipinski definition) is 2. The lowest BCUT2D eigenvalue weighted by atomic mass is 10.2. The second-order valence-electron chi connectivity index (χ2n) is 3.71. The van der Waals surface area contributed by atoms with E-state index in [1.807, 2.05) is 29.8 Å². The van der Waals surface area contributed by atoms with Crippen LogP contribution in [-0.4, -0.2) is 11.5 Å². The number of aromatic nitrogens is 1. The van der Waals surface area contributed by atoms with Gasteiger partial charge in [0.15, 0.2) is 0 Å². The number of halogens is 1. The summed E-state index contributed by atoms with van der Waals surface area (Å²) in [6.45, 7) is 1.71. The van der Waals surface area contributed by atoms with Crippen molar-refractivity contribution in [1.82, 2.24) is 10.3 Å².